The molecule has 4 aromatic rings. The highest BCUT2D eigenvalue weighted by molar-refractivity contribution is 7.07. The first-order chi connectivity index (χ1) is 19.1. The number of thiazole rings is 1. The van der Waals surface area contributed by atoms with Crippen LogP contribution in [0.4, 0.5) is 5.69 Å². The van der Waals surface area contributed by atoms with Crippen molar-refractivity contribution in [3.63, 3.8) is 0 Å². The fourth-order valence-electron chi connectivity index (χ4n) is 4.64. The Morgan fingerprint density at radius 2 is 1.93 bits per heavy atom. The van der Waals surface area contributed by atoms with E-state index in [0.29, 0.717) is 48.3 Å². The second-order valence-electron chi connectivity index (χ2n) is 9.25. The number of allylic oxidation sites excluding steroid dienone is 1. The maximum atomic E-state index is 13.7. The minimum atomic E-state index is -0.752. The molecule has 40 heavy (non-hydrogen) atoms. The van der Waals surface area contributed by atoms with Gasteiger partial charge in [-0.25, -0.2) is 9.79 Å². The van der Waals surface area contributed by atoms with Gasteiger partial charge in [0.15, 0.2) is 4.80 Å². The van der Waals surface area contributed by atoms with Gasteiger partial charge in [0.25, 0.3) is 11.2 Å². The van der Waals surface area contributed by atoms with Gasteiger partial charge in [-0.3, -0.25) is 19.5 Å². The number of fused-ring (bicyclic) bond motifs is 1. The molecular weight excluding hydrogens is 554 g/mol. The van der Waals surface area contributed by atoms with Crippen LogP contribution in [0.1, 0.15) is 42.3 Å². The van der Waals surface area contributed by atoms with E-state index in [9.17, 15) is 19.7 Å². The molecule has 0 radical (unpaired) electrons. The van der Waals surface area contributed by atoms with Gasteiger partial charge in [0, 0.05) is 28.3 Å². The first-order valence-corrected chi connectivity index (χ1v) is 13.6. The van der Waals surface area contributed by atoms with Crippen molar-refractivity contribution in [2.24, 2.45) is 4.99 Å². The van der Waals surface area contributed by atoms with Crippen LogP contribution in [0.3, 0.4) is 0 Å². The summed E-state index contributed by atoms with van der Waals surface area (Å²) in [4.78, 5) is 42.8. The van der Waals surface area contributed by atoms with Crippen LogP contribution in [0.2, 0.25) is 5.02 Å². The van der Waals surface area contributed by atoms with Crippen molar-refractivity contribution in [2.75, 3.05) is 6.61 Å². The Hall–Kier alpha value is -4.28. The summed E-state index contributed by atoms with van der Waals surface area (Å²) in [5, 5.41) is 12.0. The van der Waals surface area contributed by atoms with Crippen LogP contribution in [0.15, 0.2) is 74.0 Å². The molecule has 0 N–H and O–H groups in total. The topological polar surface area (TPSA) is 117 Å². The molecule has 1 aliphatic heterocycles. The number of nitro groups is 1. The number of nitrogens with zero attached hydrogens (tertiary/aromatic N) is 3. The van der Waals surface area contributed by atoms with Gasteiger partial charge in [0.2, 0.25) is 0 Å². The zero-order valence-corrected chi connectivity index (χ0v) is 23.6. The molecule has 0 amide bonds. The molecule has 0 aliphatic carbocycles. The molecule has 3 heterocycles. The zero-order valence-electron chi connectivity index (χ0n) is 22.1. The van der Waals surface area contributed by atoms with Crippen molar-refractivity contribution in [1.82, 2.24) is 4.57 Å². The van der Waals surface area contributed by atoms with Crippen LogP contribution >= 0.6 is 22.9 Å². The second-order valence-corrected chi connectivity index (χ2v) is 10.7. The number of benzene rings is 2. The van der Waals surface area contributed by atoms with Crippen LogP contribution in [0.25, 0.3) is 17.4 Å². The smallest absolute Gasteiger partial charge is 0.338 e. The summed E-state index contributed by atoms with van der Waals surface area (Å²) in [6, 6.07) is 12.9. The quantitative estimate of drug-likeness (QED) is 0.176. The van der Waals surface area contributed by atoms with Gasteiger partial charge in [-0.05, 0) is 69.2 Å². The van der Waals surface area contributed by atoms with Crippen LogP contribution in [0.5, 0.6) is 0 Å². The van der Waals surface area contributed by atoms with Crippen molar-refractivity contribution >= 4 is 40.7 Å². The van der Waals surface area contributed by atoms with Gasteiger partial charge >= 0.3 is 5.97 Å². The Morgan fingerprint density at radius 3 is 2.60 bits per heavy atom. The number of furan rings is 1. The Balaban J connectivity index is 1.62. The van der Waals surface area contributed by atoms with E-state index >= 15 is 0 Å². The van der Waals surface area contributed by atoms with Gasteiger partial charge in [0.05, 0.1) is 33.4 Å². The number of hydrogen-bond donors (Lipinski definition) is 0. The zero-order chi connectivity index (χ0) is 28.7. The Bertz CT molecular complexity index is 1880. The number of nitro benzene ring substituents is 1. The highest BCUT2D eigenvalue weighted by Crippen LogP contribution is 2.32. The molecule has 1 unspecified atom stereocenters. The van der Waals surface area contributed by atoms with E-state index in [1.165, 1.54) is 22.0 Å². The summed E-state index contributed by atoms with van der Waals surface area (Å²) >= 11 is 7.27. The largest absolute Gasteiger partial charge is 0.463 e. The predicted molar refractivity (Wildman–Crippen MR) is 152 cm³/mol. The van der Waals surface area contributed by atoms with Gasteiger partial charge in [-0.15, -0.1) is 0 Å². The lowest BCUT2D eigenvalue weighted by Crippen LogP contribution is -2.39. The highest BCUT2D eigenvalue weighted by Gasteiger charge is 2.33. The molecule has 2 aromatic carbocycles. The average molecular weight is 578 g/mol. The molecular formula is C29H24ClN3O6S. The molecule has 9 nitrogen and oxygen atoms in total. The number of carbonyl (C=O) groups is 1. The fourth-order valence-corrected chi connectivity index (χ4v) is 5.79. The molecule has 1 atom stereocenters. The lowest BCUT2D eigenvalue weighted by atomic mass is 9.96. The summed E-state index contributed by atoms with van der Waals surface area (Å²) in [6.07, 6.45) is 1.60. The molecule has 2 aromatic heterocycles. The van der Waals surface area contributed by atoms with Crippen LogP contribution in [-0.2, 0) is 9.53 Å². The van der Waals surface area contributed by atoms with E-state index in [2.05, 4.69) is 4.99 Å². The van der Waals surface area contributed by atoms with Crippen molar-refractivity contribution < 1.29 is 18.9 Å². The van der Waals surface area contributed by atoms with Crippen LogP contribution < -0.4 is 14.9 Å². The van der Waals surface area contributed by atoms with E-state index in [1.54, 1.807) is 70.2 Å². The molecule has 0 bridgehead atoms. The van der Waals surface area contributed by atoms with Gasteiger partial charge in [0.1, 0.15) is 11.5 Å². The number of halogens is 1. The lowest BCUT2D eigenvalue weighted by molar-refractivity contribution is -0.385. The molecule has 204 valence electrons. The predicted octanol–water partition coefficient (Wildman–Crippen LogP) is 5.24. The molecule has 5 rings (SSSR count). The van der Waals surface area contributed by atoms with Crippen LogP contribution in [0, 0.1) is 24.0 Å². The third-order valence-corrected chi connectivity index (χ3v) is 7.96. The van der Waals surface area contributed by atoms with Gasteiger partial charge in [-0.1, -0.05) is 35.1 Å². The number of esters is 1. The van der Waals surface area contributed by atoms with E-state index in [1.807, 2.05) is 6.07 Å². The summed E-state index contributed by atoms with van der Waals surface area (Å²) in [5.74, 6) is 0.284. The molecule has 0 spiro atoms. The highest BCUT2D eigenvalue weighted by atomic mass is 35.5. The molecule has 1 aliphatic rings. The van der Waals surface area contributed by atoms with Crippen molar-refractivity contribution in [3.05, 3.63) is 117 Å². The Labute approximate surface area is 237 Å². The van der Waals surface area contributed by atoms with Crippen molar-refractivity contribution in [1.29, 1.82) is 0 Å². The van der Waals surface area contributed by atoms with E-state index in [4.69, 9.17) is 20.8 Å². The average Bonchev–Trinajstić information content (AvgIpc) is 3.49. The van der Waals surface area contributed by atoms with Gasteiger partial charge in [-0.2, -0.15) is 0 Å². The van der Waals surface area contributed by atoms with Crippen molar-refractivity contribution in [2.45, 2.75) is 33.7 Å². The molecule has 0 saturated heterocycles. The number of hydrogen-bond acceptors (Lipinski definition) is 8. The first kappa shape index (κ1) is 27.3. The monoisotopic (exact) mass is 577 g/mol. The van der Waals surface area contributed by atoms with Gasteiger partial charge < -0.3 is 9.15 Å². The summed E-state index contributed by atoms with van der Waals surface area (Å²) in [7, 11) is 0. The second kappa shape index (κ2) is 10.7. The fraction of sp³-hybridized carbons (Fsp3) is 0.207. The first-order valence-electron chi connectivity index (χ1n) is 12.4. The summed E-state index contributed by atoms with van der Waals surface area (Å²) in [6.45, 7) is 7.12. The number of aryl methyl sites for hydroxylation is 1. The minimum absolute atomic E-state index is 0.0104. The van der Waals surface area contributed by atoms with E-state index in [0.717, 1.165) is 5.56 Å². The third kappa shape index (κ3) is 4.91. The molecule has 0 fully saturated rings. The maximum absolute atomic E-state index is 13.7. The third-order valence-electron chi connectivity index (χ3n) is 6.72. The van der Waals surface area contributed by atoms with Crippen molar-refractivity contribution in [3.8, 4) is 11.3 Å². The molecule has 0 saturated carbocycles. The summed E-state index contributed by atoms with van der Waals surface area (Å²) in [5.41, 5.74) is 3.01. The minimum Gasteiger partial charge on any atom is -0.463 e. The SMILES string of the molecule is CCOC(=O)C1=C(C)N=c2sc(=Cc3ccc(-c4cc(C)c(C)c([N+](=O)[O-])c4)o3)c(=O)n2C1c1ccc(Cl)cc1. The number of carbonyl (C=O) groups excluding carboxylic acids is 1. The lowest BCUT2D eigenvalue weighted by Gasteiger charge is -2.24. The maximum Gasteiger partial charge on any atom is 0.338 e. The standard InChI is InChI=1S/C29H24ClN3O6S/c1-5-38-28(35)25-17(4)31-29-32(26(25)18-6-8-20(30)9-7-18)27(34)24(40-29)14-21-10-11-23(39-21)19-12-15(2)16(3)22(13-19)33(36)37/h6-14,26H,5H2,1-4H3. The summed E-state index contributed by atoms with van der Waals surface area (Å²) < 4.78 is 13.1. The number of ether oxygens (including phenoxy) is 1. The van der Waals surface area contributed by atoms with E-state index < -0.39 is 16.9 Å². The normalized spacial score (nSPS) is 15.1. The van der Waals surface area contributed by atoms with Crippen LogP contribution in [-0.4, -0.2) is 22.1 Å². The Kier molecular flexibility index (Phi) is 7.31. The number of aromatic nitrogens is 1. The Morgan fingerprint density at radius 1 is 1.20 bits per heavy atom. The number of rotatable bonds is 6. The van der Waals surface area contributed by atoms with E-state index in [-0.39, 0.29) is 23.4 Å². The molecule has 11 heteroatoms.